The van der Waals surface area contributed by atoms with Crippen molar-refractivity contribution in [1.82, 2.24) is 20.3 Å². The number of anilines is 1. The molecule has 0 unspecified atom stereocenters. The number of carbonyl (C=O) groups excluding carboxylic acids is 2. The molecule has 2 aromatic carbocycles. The molecule has 0 aliphatic rings. The van der Waals surface area contributed by atoms with Gasteiger partial charge in [-0.1, -0.05) is 23.4 Å². The van der Waals surface area contributed by atoms with Gasteiger partial charge in [0.2, 0.25) is 11.8 Å². The van der Waals surface area contributed by atoms with Crippen LogP contribution in [0.2, 0.25) is 0 Å². The van der Waals surface area contributed by atoms with E-state index in [1.165, 1.54) is 11.3 Å². The zero-order valence-corrected chi connectivity index (χ0v) is 21.1. The summed E-state index contributed by atoms with van der Waals surface area (Å²) in [4.78, 5) is 29.8. The van der Waals surface area contributed by atoms with E-state index in [-0.39, 0.29) is 18.4 Å². The second kappa shape index (κ2) is 10.3. The largest absolute Gasteiger partial charge is 0.494 e. The summed E-state index contributed by atoms with van der Waals surface area (Å²) in [7, 11) is 0. The highest BCUT2D eigenvalue weighted by atomic mass is 32.1. The molecule has 2 heterocycles. The Morgan fingerprint density at radius 2 is 1.83 bits per heavy atom. The van der Waals surface area contributed by atoms with Gasteiger partial charge in [0, 0.05) is 16.1 Å². The van der Waals surface area contributed by atoms with Crippen LogP contribution in [0.1, 0.15) is 38.6 Å². The standard InChI is InChI=1S/C26H29N5O3S/c1-5-34-19-14-12-18(13-15-19)31(23(32)17-30-21-10-7-6-9-20(21)28-29-30)24(22-11-8-16-35-22)25(33)27-26(2,3)4/h6-16,24H,5,17H2,1-4H3,(H,27,33)/t24-/m1/s1. The van der Waals surface area contributed by atoms with E-state index in [1.807, 2.05) is 69.5 Å². The highest BCUT2D eigenvalue weighted by Crippen LogP contribution is 2.32. The molecule has 0 fully saturated rings. The molecule has 0 bridgehead atoms. The molecule has 8 nitrogen and oxygen atoms in total. The Morgan fingerprint density at radius 1 is 1.09 bits per heavy atom. The Bertz CT molecular complexity index is 1290. The SMILES string of the molecule is CCOc1ccc(N(C(=O)Cn2nnc3ccccc32)[C@@H](C(=O)NC(C)(C)C)c2cccs2)cc1. The quantitative estimate of drug-likeness (QED) is 0.390. The van der Waals surface area contributed by atoms with Crippen LogP contribution in [-0.2, 0) is 16.1 Å². The number of nitrogens with one attached hydrogen (secondary N) is 1. The molecular formula is C26H29N5O3S. The maximum Gasteiger partial charge on any atom is 0.249 e. The Labute approximate surface area is 208 Å². The number of fused-ring (bicyclic) bond motifs is 1. The number of rotatable bonds is 8. The molecule has 0 aliphatic heterocycles. The predicted octanol–water partition coefficient (Wildman–Crippen LogP) is 4.58. The molecule has 0 saturated heterocycles. The van der Waals surface area contributed by atoms with Crippen LogP contribution in [0.15, 0.2) is 66.0 Å². The molecule has 1 atom stereocenters. The molecule has 0 radical (unpaired) electrons. The van der Waals surface area contributed by atoms with Crippen LogP contribution in [0, 0.1) is 0 Å². The number of nitrogens with zero attached hydrogens (tertiary/aromatic N) is 4. The van der Waals surface area contributed by atoms with E-state index in [2.05, 4.69) is 15.6 Å². The van der Waals surface area contributed by atoms with Crippen molar-refractivity contribution in [2.45, 2.75) is 45.8 Å². The van der Waals surface area contributed by atoms with E-state index in [9.17, 15) is 9.59 Å². The number of para-hydroxylation sites is 1. The van der Waals surface area contributed by atoms with Crippen molar-refractivity contribution in [1.29, 1.82) is 0 Å². The Morgan fingerprint density at radius 3 is 2.49 bits per heavy atom. The minimum absolute atomic E-state index is 0.0710. The van der Waals surface area contributed by atoms with Crippen molar-refractivity contribution in [3.8, 4) is 5.75 Å². The number of benzene rings is 2. The van der Waals surface area contributed by atoms with Gasteiger partial charge in [-0.3, -0.25) is 14.5 Å². The predicted molar refractivity (Wildman–Crippen MR) is 138 cm³/mol. The van der Waals surface area contributed by atoms with Crippen LogP contribution >= 0.6 is 11.3 Å². The lowest BCUT2D eigenvalue weighted by Crippen LogP contribution is -2.50. The first-order valence-corrected chi connectivity index (χ1v) is 12.3. The van der Waals surface area contributed by atoms with Gasteiger partial charge in [0.05, 0.1) is 12.1 Å². The molecule has 182 valence electrons. The molecule has 1 N–H and O–H groups in total. The van der Waals surface area contributed by atoms with E-state index in [0.29, 0.717) is 23.6 Å². The summed E-state index contributed by atoms with van der Waals surface area (Å²) in [5, 5.41) is 13.3. The third-order valence-electron chi connectivity index (χ3n) is 5.22. The monoisotopic (exact) mass is 491 g/mol. The molecule has 2 amide bonds. The summed E-state index contributed by atoms with van der Waals surface area (Å²) >= 11 is 1.43. The number of amides is 2. The van der Waals surface area contributed by atoms with Crippen molar-refractivity contribution in [3.05, 3.63) is 70.9 Å². The second-order valence-corrected chi connectivity index (χ2v) is 10.1. The van der Waals surface area contributed by atoms with Gasteiger partial charge in [-0.25, -0.2) is 4.68 Å². The molecular weight excluding hydrogens is 462 g/mol. The number of hydrogen-bond acceptors (Lipinski definition) is 6. The van der Waals surface area contributed by atoms with Crippen molar-refractivity contribution < 1.29 is 14.3 Å². The minimum atomic E-state index is -0.852. The molecule has 2 aromatic heterocycles. The number of thiophene rings is 1. The number of carbonyl (C=O) groups is 2. The van der Waals surface area contributed by atoms with E-state index in [1.54, 1.807) is 33.8 Å². The maximum absolute atomic E-state index is 13.9. The average Bonchev–Trinajstić information content (AvgIpc) is 3.48. The zero-order valence-electron chi connectivity index (χ0n) is 20.3. The summed E-state index contributed by atoms with van der Waals surface area (Å²) in [5.74, 6) is 0.149. The molecule has 0 spiro atoms. The van der Waals surface area contributed by atoms with Crippen LogP contribution in [0.5, 0.6) is 5.75 Å². The van der Waals surface area contributed by atoms with Crippen molar-refractivity contribution in [2.24, 2.45) is 0 Å². The first kappa shape index (κ1) is 24.4. The molecule has 4 rings (SSSR count). The summed E-state index contributed by atoms with van der Waals surface area (Å²) in [5.41, 5.74) is 1.57. The highest BCUT2D eigenvalue weighted by Gasteiger charge is 2.35. The lowest BCUT2D eigenvalue weighted by Gasteiger charge is -2.33. The van der Waals surface area contributed by atoms with Crippen LogP contribution < -0.4 is 15.0 Å². The van der Waals surface area contributed by atoms with Crippen LogP contribution in [0.3, 0.4) is 0 Å². The number of aromatic nitrogens is 3. The molecule has 0 aliphatic carbocycles. The highest BCUT2D eigenvalue weighted by molar-refractivity contribution is 7.10. The first-order chi connectivity index (χ1) is 16.8. The Hall–Kier alpha value is -3.72. The maximum atomic E-state index is 13.9. The fourth-order valence-corrected chi connectivity index (χ4v) is 4.62. The Kier molecular flexibility index (Phi) is 7.16. The Balaban J connectivity index is 1.77. The lowest BCUT2D eigenvalue weighted by atomic mass is 10.1. The van der Waals surface area contributed by atoms with Gasteiger partial charge >= 0.3 is 0 Å². The van der Waals surface area contributed by atoms with E-state index in [4.69, 9.17) is 4.74 Å². The van der Waals surface area contributed by atoms with E-state index in [0.717, 1.165) is 10.4 Å². The minimum Gasteiger partial charge on any atom is -0.494 e. The fourth-order valence-electron chi connectivity index (χ4n) is 3.80. The van der Waals surface area contributed by atoms with Crippen molar-refractivity contribution in [3.63, 3.8) is 0 Å². The summed E-state index contributed by atoms with van der Waals surface area (Å²) in [6.07, 6.45) is 0. The fraction of sp³-hybridized carbons (Fsp3) is 0.308. The van der Waals surface area contributed by atoms with Gasteiger partial charge < -0.3 is 10.1 Å². The van der Waals surface area contributed by atoms with Crippen molar-refractivity contribution >= 4 is 39.9 Å². The van der Waals surface area contributed by atoms with E-state index < -0.39 is 11.6 Å². The lowest BCUT2D eigenvalue weighted by molar-refractivity contribution is -0.127. The van der Waals surface area contributed by atoms with E-state index >= 15 is 0 Å². The number of ether oxygens (including phenoxy) is 1. The summed E-state index contributed by atoms with van der Waals surface area (Å²) < 4.78 is 7.14. The van der Waals surface area contributed by atoms with Gasteiger partial charge in [-0.05, 0) is 75.5 Å². The molecule has 35 heavy (non-hydrogen) atoms. The third-order valence-corrected chi connectivity index (χ3v) is 6.14. The van der Waals surface area contributed by atoms with Crippen molar-refractivity contribution in [2.75, 3.05) is 11.5 Å². The molecule has 9 heteroatoms. The topological polar surface area (TPSA) is 89.3 Å². The molecule has 0 saturated carbocycles. The summed E-state index contributed by atoms with van der Waals surface area (Å²) in [6, 6.07) is 17.6. The van der Waals surface area contributed by atoms with Gasteiger partial charge in [0.1, 0.15) is 23.9 Å². The second-order valence-electron chi connectivity index (χ2n) is 9.08. The van der Waals surface area contributed by atoms with Crippen LogP contribution in [-0.4, -0.2) is 39.0 Å². The van der Waals surface area contributed by atoms with Gasteiger partial charge in [-0.2, -0.15) is 0 Å². The molecule has 4 aromatic rings. The van der Waals surface area contributed by atoms with Crippen LogP contribution in [0.4, 0.5) is 5.69 Å². The smallest absolute Gasteiger partial charge is 0.249 e. The van der Waals surface area contributed by atoms with Crippen LogP contribution in [0.25, 0.3) is 11.0 Å². The average molecular weight is 492 g/mol. The zero-order chi connectivity index (χ0) is 25.0. The normalized spacial score (nSPS) is 12.3. The number of hydrogen-bond donors (Lipinski definition) is 1. The van der Waals surface area contributed by atoms with Gasteiger partial charge in [0.25, 0.3) is 0 Å². The van der Waals surface area contributed by atoms with Gasteiger partial charge in [-0.15, -0.1) is 16.4 Å². The summed E-state index contributed by atoms with van der Waals surface area (Å²) in [6.45, 7) is 8.13. The van der Waals surface area contributed by atoms with Gasteiger partial charge in [0.15, 0.2) is 0 Å². The first-order valence-electron chi connectivity index (χ1n) is 11.5. The third kappa shape index (κ3) is 5.68.